The lowest BCUT2D eigenvalue weighted by atomic mass is 9.86. The number of halogens is 1. The number of nitro groups is 1. The molecule has 1 aliphatic carbocycles. The van der Waals surface area contributed by atoms with Gasteiger partial charge in [-0.05, 0) is 60.2 Å². The van der Waals surface area contributed by atoms with E-state index in [0.29, 0.717) is 47.0 Å². The van der Waals surface area contributed by atoms with E-state index in [1.165, 1.54) is 30.3 Å². The van der Waals surface area contributed by atoms with Crippen LogP contribution in [0.15, 0.2) is 72.8 Å². The third-order valence-electron chi connectivity index (χ3n) is 6.56. The number of hydrogen-bond acceptors (Lipinski definition) is 7. The number of pyridine rings is 1. The molecule has 4 aromatic rings. The molecule has 0 unspecified atom stereocenters. The lowest BCUT2D eigenvalue weighted by Crippen LogP contribution is -2.43. The van der Waals surface area contributed by atoms with Crippen LogP contribution >= 0.6 is 0 Å². The van der Waals surface area contributed by atoms with Gasteiger partial charge in [0.25, 0.3) is 17.5 Å². The Morgan fingerprint density at radius 3 is 2.59 bits per heavy atom. The van der Waals surface area contributed by atoms with Crippen molar-refractivity contribution in [1.82, 2.24) is 15.8 Å². The fourth-order valence-corrected chi connectivity index (χ4v) is 4.72. The lowest BCUT2D eigenvalue weighted by molar-refractivity contribution is -0.384. The number of fused-ring (bicyclic) bond motifs is 2. The predicted octanol–water partition coefficient (Wildman–Crippen LogP) is 4.78. The highest BCUT2D eigenvalue weighted by Gasteiger charge is 2.26. The van der Waals surface area contributed by atoms with Gasteiger partial charge in [0.15, 0.2) is 6.61 Å². The molecule has 1 aliphatic rings. The number of hydrogen-bond donors (Lipinski definition) is 2. The molecule has 2 N–H and O–H groups in total. The molecule has 5 rings (SSSR count). The minimum absolute atomic E-state index is 0.0329. The van der Waals surface area contributed by atoms with Crippen molar-refractivity contribution in [2.24, 2.45) is 0 Å². The topological polar surface area (TPSA) is 141 Å². The zero-order chi connectivity index (χ0) is 28.9. The molecular weight excluding hydrogens is 531 g/mol. The van der Waals surface area contributed by atoms with E-state index in [9.17, 15) is 28.9 Å². The van der Waals surface area contributed by atoms with Crippen LogP contribution in [0.1, 0.15) is 50.4 Å². The number of non-ortho nitro benzene ring substituents is 1. The number of ether oxygens (including phenoxy) is 1. The van der Waals surface area contributed by atoms with Crippen LogP contribution in [0.2, 0.25) is 0 Å². The Labute approximate surface area is 233 Å². The number of nitro benzene ring substituents is 1. The van der Waals surface area contributed by atoms with Gasteiger partial charge in [-0.2, -0.15) is 0 Å². The molecule has 1 aromatic heterocycles. The van der Waals surface area contributed by atoms with Crippen molar-refractivity contribution in [3.05, 3.63) is 117 Å². The van der Waals surface area contributed by atoms with Crippen LogP contribution in [0.5, 0.6) is 0 Å². The molecule has 206 valence electrons. The third-order valence-corrected chi connectivity index (χ3v) is 6.56. The summed E-state index contributed by atoms with van der Waals surface area (Å²) >= 11 is 0. The number of amides is 2. The van der Waals surface area contributed by atoms with E-state index in [4.69, 9.17) is 9.72 Å². The van der Waals surface area contributed by atoms with Gasteiger partial charge in [0.05, 0.1) is 27.3 Å². The number of carbonyl (C=O) groups excluding carboxylic acids is 3. The fourth-order valence-electron chi connectivity index (χ4n) is 4.72. The van der Waals surface area contributed by atoms with Crippen molar-refractivity contribution in [2.75, 3.05) is 6.61 Å². The Morgan fingerprint density at radius 2 is 1.78 bits per heavy atom. The standard InChI is InChI=1S/C30H23FN4O6/c31-24-13-3-1-10-21(24)29(37)34-33-26(36)17-41-30(38)27-22-11-2-4-14-25(22)32-28-19(8-6-12-23(27)28)15-18-7-5-9-20(16-18)35(39)40/h1-5,7,9-11,13-16H,6,8,12,17H2,(H,33,36)(H,34,37). The number of benzene rings is 3. The van der Waals surface area contributed by atoms with Gasteiger partial charge in [-0.3, -0.25) is 30.6 Å². The molecule has 0 bridgehead atoms. The minimum Gasteiger partial charge on any atom is -0.452 e. The first kappa shape index (κ1) is 27.1. The maximum atomic E-state index is 13.8. The van der Waals surface area contributed by atoms with E-state index in [1.807, 2.05) is 6.08 Å². The van der Waals surface area contributed by atoms with Gasteiger partial charge in [-0.25, -0.2) is 14.2 Å². The summed E-state index contributed by atoms with van der Waals surface area (Å²) in [7, 11) is 0. The predicted molar refractivity (Wildman–Crippen MR) is 148 cm³/mol. The van der Waals surface area contributed by atoms with E-state index < -0.39 is 35.1 Å². The number of nitrogens with one attached hydrogen (secondary N) is 2. The first-order valence-electron chi connectivity index (χ1n) is 12.7. The molecule has 0 saturated carbocycles. The van der Waals surface area contributed by atoms with Crippen molar-refractivity contribution < 1.29 is 28.4 Å². The number of nitrogens with zero attached hydrogens (tertiary/aromatic N) is 2. The Hall–Kier alpha value is -5.45. The molecule has 0 fully saturated rings. The smallest absolute Gasteiger partial charge is 0.339 e. The van der Waals surface area contributed by atoms with Crippen molar-refractivity contribution in [3.63, 3.8) is 0 Å². The third kappa shape index (κ3) is 5.93. The zero-order valence-electron chi connectivity index (χ0n) is 21.6. The van der Waals surface area contributed by atoms with E-state index in [1.54, 1.807) is 36.4 Å². The van der Waals surface area contributed by atoms with Crippen LogP contribution in [-0.4, -0.2) is 34.3 Å². The number of aromatic nitrogens is 1. The van der Waals surface area contributed by atoms with E-state index >= 15 is 0 Å². The normalized spacial score (nSPS) is 13.3. The zero-order valence-corrected chi connectivity index (χ0v) is 21.6. The average molecular weight is 555 g/mol. The number of esters is 1. The molecule has 0 spiro atoms. The summed E-state index contributed by atoms with van der Waals surface area (Å²) in [5.74, 6) is -3.17. The van der Waals surface area contributed by atoms with Crippen LogP contribution in [0.4, 0.5) is 10.1 Å². The molecule has 0 radical (unpaired) electrons. The summed E-state index contributed by atoms with van der Waals surface area (Å²) < 4.78 is 19.1. The summed E-state index contributed by atoms with van der Waals surface area (Å²) in [6.07, 6.45) is 3.72. The second-order valence-electron chi connectivity index (χ2n) is 9.26. The molecule has 3 aromatic carbocycles. The van der Waals surface area contributed by atoms with Gasteiger partial charge in [0.1, 0.15) is 5.82 Å². The lowest BCUT2D eigenvalue weighted by Gasteiger charge is -2.22. The first-order valence-corrected chi connectivity index (χ1v) is 12.7. The van der Waals surface area contributed by atoms with Gasteiger partial charge < -0.3 is 4.74 Å². The van der Waals surface area contributed by atoms with Gasteiger partial charge >= 0.3 is 5.97 Å². The van der Waals surface area contributed by atoms with Gasteiger partial charge in [0, 0.05) is 17.5 Å². The maximum Gasteiger partial charge on any atom is 0.339 e. The van der Waals surface area contributed by atoms with E-state index in [2.05, 4.69) is 10.9 Å². The largest absolute Gasteiger partial charge is 0.452 e. The molecule has 10 nitrogen and oxygen atoms in total. The quantitative estimate of drug-likeness (QED) is 0.199. The number of rotatable bonds is 6. The summed E-state index contributed by atoms with van der Waals surface area (Å²) in [5.41, 5.74) is 7.44. The Balaban J connectivity index is 1.38. The maximum absolute atomic E-state index is 13.8. The van der Waals surface area contributed by atoms with Crippen molar-refractivity contribution in [1.29, 1.82) is 0 Å². The minimum atomic E-state index is -0.861. The summed E-state index contributed by atoms with van der Waals surface area (Å²) in [4.78, 5) is 53.4. The van der Waals surface area contributed by atoms with Crippen LogP contribution in [-0.2, 0) is 16.0 Å². The van der Waals surface area contributed by atoms with Gasteiger partial charge in [0.2, 0.25) is 0 Å². The van der Waals surface area contributed by atoms with Crippen LogP contribution in [0, 0.1) is 15.9 Å². The molecular formula is C30H23FN4O6. The van der Waals surface area contributed by atoms with Crippen LogP contribution in [0.3, 0.4) is 0 Å². The molecule has 0 atom stereocenters. The Kier molecular flexibility index (Phi) is 7.77. The number of para-hydroxylation sites is 1. The summed E-state index contributed by atoms with van der Waals surface area (Å²) in [5, 5.41) is 11.8. The van der Waals surface area contributed by atoms with E-state index in [-0.39, 0.29) is 16.8 Å². The highest BCUT2D eigenvalue weighted by atomic mass is 19.1. The Morgan fingerprint density at radius 1 is 1.00 bits per heavy atom. The van der Waals surface area contributed by atoms with Gasteiger partial charge in [-0.15, -0.1) is 0 Å². The number of carbonyl (C=O) groups is 3. The van der Waals surface area contributed by atoms with Crippen LogP contribution < -0.4 is 10.9 Å². The number of allylic oxidation sites excluding steroid dienone is 1. The van der Waals surface area contributed by atoms with E-state index in [0.717, 1.165) is 11.6 Å². The van der Waals surface area contributed by atoms with Crippen molar-refractivity contribution in [2.45, 2.75) is 19.3 Å². The van der Waals surface area contributed by atoms with Gasteiger partial charge in [-0.1, -0.05) is 42.5 Å². The second kappa shape index (κ2) is 11.7. The summed E-state index contributed by atoms with van der Waals surface area (Å²) in [6.45, 7) is -0.696. The van der Waals surface area contributed by atoms with Crippen LogP contribution in [0.25, 0.3) is 22.6 Å². The molecule has 11 heteroatoms. The highest BCUT2D eigenvalue weighted by molar-refractivity contribution is 6.07. The Bertz CT molecular complexity index is 1740. The SMILES string of the molecule is O=C(COC(=O)c1c2c(nc3ccccc13)C(=Cc1cccc([N+](=O)[O-])c1)CCC2)NNC(=O)c1ccccc1F. The highest BCUT2D eigenvalue weighted by Crippen LogP contribution is 2.36. The first-order chi connectivity index (χ1) is 19.8. The molecule has 0 aliphatic heterocycles. The number of hydrazine groups is 1. The average Bonchev–Trinajstić information content (AvgIpc) is 2.98. The molecule has 1 heterocycles. The molecule has 2 amide bonds. The second-order valence-corrected chi connectivity index (χ2v) is 9.26. The fraction of sp³-hybridized carbons (Fsp3) is 0.133. The monoisotopic (exact) mass is 554 g/mol. The molecule has 41 heavy (non-hydrogen) atoms. The molecule has 0 saturated heterocycles. The van der Waals surface area contributed by atoms with Crippen molar-refractivity contribution >= 4 is 46.0 Å². The van der Waals surface area contributed by atoms with Crippen molar-refractivity contribution in [3.8, 4) is 0 Å². The summed E-state index contributed by atoms with van der Waals surface area (Å²) in [6, 6.07) is 18.6.